The van der Waals surface area contributed by atoms with Crippen molar-refractivity contribution in [3.8, 4) is 0 Å². The van der Waals surface area contributed by atoms with Crippen molar-refractivity contribution in [2.75, 3.05) is 14.1 Å². The van der Waals surface area contributed by atoms with Crippen LogP contribution in [0.5, 0.6) is 0 Å². The van der Waals surface area contributed by atoms with E-state index in [0.29, 0.717) is 12.8 Å². The van der Waals surface area contributed by atoms with E-state index < -0.39 is 27.4 Å². The molecule has 0 aromatic heterocycles. The average molecular weight is 397 g/mol. The van der Waals surface area contributed by atoms with Crippen molar-refractivity contribution in [1.29, 1.82) is 0 Å². The molecule has 8 heteroatoms. The molecule has 1 fully saturated rings. The second-order valence-electron chi connectivity index (χ2n) is 7.40. The smallest absolute Gasteiger partial charge is 0.329 e. The Balaban J connectivity index is 2.38. The summed E-state index contributed by atoms with van der Waals surface area (Å²) in [6.45, 7) is 3.53. The highest BCUT2D eigenvalue weighted by molar-refractivity contribution is 7.89. The van der Waals surface area contributed by atoms with Gasteiger partial charge < -0.3 is 10.0 Å². The van der Waals surface area contributed by atoms with Gasteiger partial charge in [0.1, 0.15) is 5.54 Å². The van der Waals surface area contributed by atoms with E-state index in [0.717, 1.165) is 19.3 Å². The van der Waals surface area contributed by atoms with E-state index >= 15 is 0 Å². The normalized spacial score (nSPS) is 17.1. The molecule has 1 saturated carbocycles. The van der Waals surface area contributed by atoms with Crippen molar-refractivity contribution in [3.63, 3.8) is 0 Å². The van der Waals surface area contributed by atoms with E-state index in [1.165, 1.54) is 47.6 Å². The Morgan fingerprint density at radius 3 is 2.22 bits per heavy atom. The molecule has 0 spiro atoms. The Hall–Kier alpha value is -1.93. The fourth-order valence-electron chi connectivity index (χ4n) is 3.45. The van der Waals surface area contributed by atoms with Gasteiger partial charge in [0, 0.05) is 25.7 Å². The third-order valence-electron chi connectivity index (χ3n) is 5.51. The van der Waals surface area contributed by atoms with Crippen LogP contribution >= 0.6 is 0 Å². The molecular formula is C19H28N2O5S. The number of benzene rings is 1. The molecule has 150 valence electrons. The predicted molar refractivity (Wildman–Crippen MR) is 102 cm³/mol. The first-order valence-corrected chi connectivity index (χ1v) is 10.6. The zero-order chi connectivity index (χ0) is 20.4. The quantitative estimate of drug-likeness (QED) is 0.797. The number of aliphatic carboxylic acids is 1. The minimum Gasteiger partial charge on any atom is -0.479 e. The van der Waals surface area contributed by atoms with Crippen molar-refractivity contribution >= 4 is 21.9 Å². The number of carboxylic acids is 1. The molecule has 2 rings (SSSR count). The summed E-state index contributed by atoms with van der Waals surface area (Å²) in [6, 6.07) is 5.57. The van der Waals surface area contributed by atoms with Crippen molar-refractivity contribution in [1.82, 2.24) is 9.21 Å². The highest BCUT2D eigenvalue weighted by atomic mass is 32.2. The van der Waals surface area contributed by atoms with Gasteiger partial charge in [-0.25, -0.2) is 13.2 Å². The summed E-state index contributed by atoms with van der Waals surface area (Å²) in [6.07, 6.45) is 3.25. The van der Waals surface area contributed by atoms with Gasteiger partial charge in [0.25, 0.3) is 5.91 Å². The third kappa shape index (κ3) is 4.01. The molecule has 0 aliphatic heterocycles. The highest BCUT2D eigenvalue weighted by Gasteiger charge is 2.45. The summed E-state index contributed by atoms with van der Waals surface area (Å²) in [5.74, 6) is -1.50. The molecule has 0 radical (unpaired) electrons. The number of carboxylic acid groups (broad SMARTS) is 1. The molecule has 0 saturated heterocycles. The maximum absolute atomic E-state index is 13.0. The van der Waals surface area contributed by atoms with Gasteiger partial charge in [-0.1, -0.05) is 25.3 Å². The predicted octanol–water partition coefficient (Wildman–Crippen LogP) is 2.58. The lowest BCUT2D eigenvalue weighted by Gasteiger charge is -2.41. The van der Waals surface area contributed by atoms with Crippen LogP contribution in [0.25, 0.3) is 0 Å². The van der Waals surface area contributed by atoms with E-state index in [4.69, 9.17) is 0 Å². The van der Waals surface area contributed by atoms with Crippen molar-refractivity contribution < 1.29 is 23.1 Å². The monoisotopic (exact) mass is 396 g/mol. The number of rotatable bonds is 6. The number of likely N-dealkylation sites (N-methyl/N-ethyl adjacent to an activating group) is 1. The summed E-state index contributed by atoms with van der Waals surface area (Å²) in [4.78, 5) is 26.2. The van der Waals surface area contributed by atoms with Crippen LogP contribution in [0.3, 0.4) is 0 Å². The summed E-state index contributed by atoms with van der Waals surface area (Å²) >= 11 is 0. The number of amides is 1. The molecule has 27 heavy (non-hydrogen) atoms. The van der Waals surface area contributed by atoms with E-state index in [2.05, 4.69) is 0 Å². The zero-order valence-corrected chi connectivity index (χ0v) is 17.1. The number of hydrogen-bond donors (Lipinski definition) is 1. The Labute approximate surface area is 161 Å². The van der Waals surface area contributed by atoms with Gasteiger partial charge in [-0.15, -0.1) is 0 Å². The molecule has 0 bridgehead atoms. The average Bonchev–Trinajstić information content (AvgIpc) is 2.66. The number of carbonyl (C=O) groups is 2. The van der Waals surface area contributed by atoms with Gasteiger partial charge in [-0.3, -0.25) is 4.79 Å². The molecular weight excluding hydrogens is 368 g/mol. The van der Waals surface area contributed by atoms with Crippen LogP contribution in [0.2, 0.25) is 0 Å². The Morgan fingerprint density at radius 1 is 1.11 bits per heavy atom. The molecule has 1 aromatic rings. The van der Waals surface area contributed by atoms with Crippen molar-refractivity contribution in [2.45, 2.75) is 62.4 Å². The highest BCUT2D eigenvalue weighted by Crippen LogP contribution is 2.34. The molecule has 1 aliphatic carbocycles. The first-order chi connectivity index (χ1) is 12.5. The van der Waals surface area contributed by atoms with E-state index in [1.807, 2.05) is 0 Å². The van der Waals surface area contributed by atoms with Crippen molar-refractivity contribution in [3.05, 3.63) is 29.8 Å². The standard InChI is InChI=1S/C19H28N2O5S/c1-14(2)21(4)27(25,26)16-10-8-9-15(13-16)17(22)20(3)19(18(23)24)11-6-5-7-12-19/h8-10,13-14H,5-7,11-12H2,1-4H3,(H,23,24). The molecule has 7 nitrogen and oxygen atoms in total. The van der Waals surface area contributed by atoms with Crippen LogP contribution in [-0.2, 0) is 14.8 Å². The lowest BCUT2D eigenvalue weighted by Crippen LogP contribution is -2.56. The van der Waals surface area contributed by atoms with Gasteiger partial charge in [0.05, 0.1) is 4.90 Å². The minimum atomic E-state index is -3.73. The van der Waals surface area contributed by atoms with Crippen LogP contribution in [0.1, 0.15) is 56.3 Å². The SMILES string of the molecule is CC(C)N(C)S(=O)(=O)c1cccc(C(=O)N(C)C2(C(=O)O)CCCCC2)c1. The summed E-state index contributed by atoms with van der Waals surface area (Å²) in [5, 5.41) is 9.78. The second-order valence-corrected chi connectivity index (χ2v) is 9.40. The number of carbonyl (C=O) groups excluding carboxylic acids is 1. The van der Waals surface area contributed by atoms with E-state index in [9.17, 15) is 23.1 Å². The van der Waals surface area contributed by atoms with Crippen molar-refractivity contribution in [2.24, 2.45) is 0 Å². The van der Waals surface area contributed by atoms with Crippen LogP contribution < -0.4 is 0 Å². The molecule has 0 unspecified atom stereocenters. The summed E-state index contributed by atoms with van der Waals surface area (Å²) < 4.78 is 26.6. The van der Waals surface area contributed by atoms with Gasteiger partial charge in [0.2, 0.25) is 10.0 Å². The fourth-order valence-corrected chi connectivity index (χ4v) is 4.86. The molecule has 1 aromatic carbocycles. The maximum atomic E-state index is 13.0. The Kier molecular flexibility index (Phi) is 6.32. The summed E-state index contributed by atoms with van der Waals surface area (Å²) in [7, 11) is -0.753. The zero-order valence-electron chi connectivity index (χ0n) is 16.3. The van der Waals surface area contributed by atoms with Crippen LogP contribution in [0.4, 0.5) is 0 Å². The lowest BCUT2D eigenvalue weighted by atomic mass is 9.80. The fraction of sp³-hybridized carbons (Fsp3) is 0.579. The van der Waals surface area contributed by atoms with Crippen LogP contribution in [-0.4, -0.2) is 60.3 Å². The van der Waals surface area contributed by atoms with E-state index in [1.54, 1.807) is 13.8 Å². The van der Waals surface area contributed by atoms with Gasteiger partial charge in [-0.05, 0) is 44.9 Å². The van der Waals surface area contributed by atoms with E-state index in [-0.39, 0.29) is 16.5 Å². The third-order valence-corrected chi connectivity index (χ3v) is 7.54. The number of sulfonamides is 1. The first-order valence-electron chi connectivity index (χ1n) is 9.13. The van der Waals surface area contributed by atoms with Gasteiger partial charge in [0.15, 0.2) is 0 Å². The Morgan fingerprint density at radius 2 is 1.70 bits per heavy atom. The second kappa shape index (κ2) is 7.98. The maximum Gasteiger partial charge on any atom is 0.329 e. The Bertz CT molecular complexity index is 813. The number of nitrogens with zero attached hydrogens (tertiary/aromatic N) is 2. The minimum absolute atomic E-state index is 0.0194. The lowest BCUT2D eigenvalue weighted by molar-refractivity contribution is -0.151. The number of hydrogen-bond acceptors (Lipinski definition) is 4. The molecule has 0 atom stereocenters. The molecule has 1 N–H and O–H groups in total. The molecule has 0 heterocycles. The van der Waals surface area contributed by atoms with Gasteiger partial charge in [-0.2, -0.15) is 4.31 Å². The topological polar surface area (TPSA) is 95.0 Å². The van der Waals surface area contributed by atoms with Crippen LogP contribution in [0.15, 0.2) is 29.2 Å². The molecule has 1 amide bonds. The molecule has 1 aliphatic rings. The largest absolute Gasteiger partial charge is 0.479 e. The first kappa shape index (κ1) is 21.4. The van der Waals surface area contributed by atoms with Crippen LogP contribution in [0, 0.1) is 0 Å². The summed E-state index contributed by atoms with van der Waals surface area (Å²) in [5.41, 5.74) is -1.07. The van der Waals surface area contributed by atoms with Gasteiger partial charge >= 0.3 is 5.97 Å².